The van der Waals surface area contributed by atoms with Crippen molar-refractivity contribution < 1.29 is 56.0 Å². The van der Waals surface area contributed by atoms with E-state index in [0.717, 1.165) is 45.3 Å². The molecule has 0 aliphatic heterocycles. The first-order chi connectivity index (χ1) is 60.8. The second-order valence-corrected chi connectivity index (χ2v) is 31.6. The normalized spacial score (nSPS) is 13.5. The van der Waals surface area contributed by atoms with Crippen molar-refractivity contribution in [1.29, 1.82) is 0 Å². The highest BCUT2D eigenvalue weighted by Gasteiger charge is 2.37. The van der Waals surface area contributed by atoms with E-state index in [-0.39, 0.29) is 130 Å². The number of alkyl halides is 4. The SMILES string of the molecule is CCC(=O)N[C@@H](c1ccc(C)o1)[C@@H](C)[C@H](NC(=O)c1ccccc1)c1ccccc1.CCC(=O)N[C@@H](c1ccc(C)o1)[C@@H](C)[C@H](NC(=O)c1ccccc1)c1ccccc1.CCC(=O)N[C@H](c1ccc(C)o1)[C@H](C)[C@@H](NC(=O)c1ccccc1)c1ccccc1.CCC(=O)N[C@H](c1ccc(C)o1)[C@H](C)[C@@H](NC(=O)c1ccccc1)c1ccccc1.ClCCl.ClCCl. The molecule has 12 atom stereocenters. The number of amides is 8. The number of furan rings is 4. The molecule has 8 amide bonds. The van der Waals surface area contributed by atoms with Crippen molar-refractivity contribution in [3.63, 3.8) is 0 Å². The van der Waals surface area contributed by atoms with Gasteiger partial charge in [0.25, 0.3) is 23.6 Å². The molecule has 12 rings (SSSR count). The smallest absolute Gasteiger partial charge is 0.251 e. The average molecular weight is 1790 g/mol. The molecule has 0 aliphatic rings. The molecular formula is C102H116Cl4N8O12. The fourth-order valence-electron chi connectivity index (χ4n) is 14.2. The number of rotatable bonds is 32. The highest BCUT2D eigenvalue weighted by atomic mass is 35.5. The molecule has 0 radical (unpaired) electrons. The molecule has 0 aliphatic carbocycles. The highest BCUT2D eigenvalue weighted by Crippen LogP contribution is 2.39. The van der Waals surface area contributed by atoms with Gasteiger partial charge in [-0.3, -0.25) is 38.4 Å². The zero-order chi connectivity index (χ0) is 91.5. The number of nitrogens with one attached hydrogen (secondary N) is 8. The van der Waals surface area contributed by atoms with Gasteiger partial charge in [0.1, 0.15) is 46.1 Å². The Bertz CT molecular complexity index is 4570. The predicted molar refractivity (Wildman–Crippen MR) is 501 cm³/mol. The lowest BCUT2D eigenvalue weighted by molar-refractivity contribution is -0.122. The van der Waals surface area contributed by atoms with Crippen LogP contribution in [0, 0.1) is 51.4 Å². The molecular weight excluding hydrogens is 1670 g/mol. The largest absolute Gasteiger partial charge is 0.464 e. The molecule has 0 fully saturated rings. The number of hydrogen-bond acceptors (Lipinski definition) is 12. The Kier molecular flexibility index (Phi) is 43.1. The van der Waals surface area contributed by atoms with E-state index in [1.54, 1.807) is 48.5 Å². The summed E-state index contributed by atoms with van der Waals surface area (Å²) in [5.41, 5.74) is 6.23. The minimum Gasteiger partial charge on any atom is -0.464 e. The van der Waals surface area contributed by atoms with Gasteiger partial charge in [0.15, 0.2) is 0 Å². The van der Waals surface area contributed by atoms with Crippen LogP contribution in [0.3, 0.4) is 0 Å². The zero-order valence-electron chi connectivity index (χ0n) is 73.3. The third-order valence-corrected chi connectivity index (χ3v) is 21.0. The van der Waals surface area contributed by atoms with E-state index >= 15 is 0 Å². The minimum absolute atomic E-state index is 0.0675. The van der Waals surface area contributed by atoms with Gasteiger partial charge in [0.05, 0.1) is 59.0 Å². The van der Waals surface area contributed by atoms with Gasteiger partial charge in [-0.15, -0.1) is 46.4 Å². The van der Waals surface area contributed by atoms with Gasteiger partial charge in [0.2, 0.25) is 23.6 Å². The van der Waals surface area contributed by atoms with Crippen molar-refractivity contribution >= 4 is 93.7 Å². The Morgan fingerprint density at radius 3 is 0.516 bits per heavy atom. The van der Waals surface area contributed by atoms with Crippen molar-refractivity contribution in [2.24, 2.45) is 23.7 Å². The number of carbonyl (C=O) groups excluding carboxylic acids is 8. The highest BCUT2D eigenvalue weighted by molar-refractivity contribution is 6.41. The van der Waals surface area contributed by atoms with Crippen LogP contribution in [0.2, 0.25) is 0 Å². The molecule has 12 aromatic rings. The van der Waals surface area contributed by atoms with Gasteiger partial charge in [-0.25, -0.2) is 0 Å². The van der Waals surface area contributed by atoms with Crippen molar-refractivity contribution in [2.75, 3.05) is 10.7 Å². The summed E-state index contributed by atoms with van der Waals surface area (Å²) in [6.07, 6.45) is 1.48. The van der Waals surface area contributed by atoms with Gasteiger partial charge >= 0.3 is 0 Å². The van der Waals surface area contributed by atoms with Gasteiger partial charge in [-0.1, -0.05) is 250 Å². The Morgan fingerprint density at radius 1 is 0.230 bits per heavy atom. The first kappa shape index (κ1) is 101. The minimum atomic E-state index is -0.382. The Morgan fingerprint density at radius 2 is 0.381 bits per heavy atom. The number of aryl methyl sites for hydroxylation is 4. The topological polar surface area (TPSA) is 285 Å². The number of halogens is 4. The molecule has 126 heavy (non-hydrogen) atoms. The van der Waals surface area contributed by atoms with Crippen LogP contribution in [-0.2, 0) is 19.2 Å². The lowest BCUT2D eigenvalue weighted by atomic mass is 9.86. The summed E-state index contributed by atoms with van der Waals surface area (Å²) >= 11 is 19.1. The van der Waals surface area contributed by atoms with Crippen LogP contribution < -0.4 is 42.5 Å². The molecule has 8 N–H and O–H groups in total. The Labute approximate surface area is 760 Å². The molecule has 4 aromatic heterocycles. The third kappa shape index (κ3) is 31.8. The van der Waals surface area contributed by atoms with Gasteiger partial charge < -0.3 is 60.2 Å². The first-order valence-electron chi connectivity index (χ1n) is 42.1. The van der Waals surface area contributed by atoms with Crippen LogP contribution in [0.4, 0.5) is 0 Å². The summed E-state index contributed by atoms with van der Waals surface area (Å²) < 4.78 is 23.4. The molecule has 24 heteroatoms. The van der Waals surface area contributed by atoms with Gasteiger partial charge in [-0.2, -0.15) is 0 Å². The first-order valence-corrected chi connectivity index (χ1v) is 44.2. The van der Waals surface area contributed by atoms with Crippen LogP contribution >= 0.6 is 46.4 Å². The van der Waals surface area contributed by atoms with E-state index in [2.05, 4.69) is 42.5 Å². The number of hydrogen-bond donors (Lipinski definition) is 8. The maximum atomic E-state index is 13.0. The van der Waals surface area contributed by atoms with Crippen molar-refractivity contribution in [3.05, 3.63) is 382 Å². The predicted octanol–water partition coefficient (Wildman–Crippen LogP) is 22.7. The molecule has 8 aromatic carbocycles. The standard InChI is InChI=1S/4C25H28N2O3.2CH2Cl2/c4*1-4-22(28)26-24(21-16-15-17(2)30-21)18(3)23(19-11-7-5-8-12-19)27-25(29)20-13-9-6-10-14-20;2*2-1-3/h4*5-16,18,23-24H,4H2,1-3H3,(H,26,28)(H,27,29);2*1H2/t4*18-,23-,24+;;/m1100../s1. The zero-order valence-corrected chi connectivity index (χ0v) is 76.3. The van der Waals surface area contributed by atoms with E-state index in [1.165, 1.54) is 0 Å². The maximum Gasteiger partial charge on any atom is 0.251 e. The average Bonchev–Trinajstić information content (AvgIpc) is 1.56. The Balaban J connectivity index is 0.000000225. The second kappa shape index (κ2) is 53.9. The molecule has 0 unspecified atom stereocenters. The lowest BCUT2D eigenvalue weighted by Crippen LogP contribution is -2.40. The van der Waals surface area contributed by atoms with E-state index in [1.807, 2.05) is 326 Å². The summed E-state index contributed by atoms with van der Waals surface area (Å²) in [6, 6.07) is 87.9. The molecule has 0 saturated heterocycles. The van der Waals surface area contributed by atoms with Crippen LogP contribution in [0.25, 0.3) is 0 Å². The molecule has 0 saturated carbocycles. The van der Waals surface area contributed by atoms with Crippen molar-refractivity contribution in [2.45, 2.75) is 157 Å². The molecule has 4 heterocycles. The van der Waals surface area contributed by atoms with Crippen LogP contribution in [0.1, 0.15) is 239 Å². The molecule has 0 spiro atoms. The summed E-state index contributed by atoms with van der Waals surface area (Å²) in [5.74, 6) is 4.24. The molecule has 20 nitrogen and oxygen atoms in total. The van der Waals surface area contributed by atoms with Crippen LogP contribution in [-0.4, -0.2) is 57.9 Å². The van der Waals surface area contributed by atoms with Crippen LogP contribution in [0.5, 0.6) is 0 Å². The van der Waals surface area contributed by atoms with E-state index in [0.29, 0.717) is 71.0 Å². The third-order valence-electron chi connectivity index (χ3n) is 21.0. The van der Waals surface area contributed by atoms with E-state index in [9.17, 15) is 38.4 Å². The quantitative estimate of drug-likeness (QED) is 0.0183. The van der Waals surface area contributed by atoms with E-state index < -0.39 is 0 Å². The van der Waals surface area contributed by atoms with E-state index in [4.69, 9.17) is 64.1 Å². The second-order valence-electron chi connectivity index (χ2n) is 29.9. The fraction of sp³-hybridized carbons (Fsp3) is 0.294. The lowest BCUT2D eigenvalue weighted by Gasteiger charge is -2.32. The van der Waals surface area contributed by atoms with Gasteiger partial charge in [-0.05, 0) is 147 Å². The Hall–Kier alpha value is -12.2. The molecule has 0 bridgehead atoms. The summed E-state index contributed by atoms with van der Waals surface area (Å²) in [7, 11) is 0. The van der Waals surface area contributed by atoms with Gasteiger partial charge in [0, 0.05) is 71.6 Å². The summed E-state index contributed by atoms with van der Waals surface area (Å²) in [6.45, 7) is 22.8. The number of benzene rings is 8. The van der Waals surface area contributed by atoms with Crippen molar-refractivity contribution in [3.8, 4) is 0 Å². The van der Waals surface area contributed by atoms with Crippen LogP contribution in [0.15, 0.2) is 309 Å². The molecule has 664 valence electrons. The fourth-order valence-corrected chi connectivity index (χ4v) is 14.2. The number of carbonyl (C=O) groups is 8. The maximum absolute atomic E-state index is 13.0. The monoisotopic (exact) mass is 1780 g/mol. The van der Waals surface area contributed by atoms with Crippen molar-refractivity contribution in [1.82, 2.24) is 42.5 Å². The summed E-state index contributed by atoms with van der Waals surface area (Å²) in [4.78, 5) is 101. The summed E-state index contributed by atoms with van der Waals surface area (Å²) in [5, 5.41) is 25.4.